The van der Waals surface area contributed by atoms with Gasteiger partial charge in [0.25, 0.3) is 5.91 Å². The largest absolute Gasteiger partial charge is 0.325 e. The summed E-state index contributed by atoms with van der Waals surface area (Å²) >= 11 is 5.89. The standard InChI is InChI=1S/C17H17ClN4O2/c1-2-17(13-5-7-14(18)8-6-13)15(23)22(16(24)21-17)11-12(10-20)4-3-9-19/h5-8,12H,2-4,11H2,1H3,(H,21,24)/t12-,17+/m1/s1. The van der Waals surface area contributed by atoms with E-state index in [0.717, 1.165) is 4.90 Å². The average molecular weight is 345 g/mol. The zero-order chi connectivity index (χ0) is 17.7. The molecule has 1 aliphatic rings. The summed E-state index contributed by atoms with van der Waals surface area (Å²) in [7, 11) is 0. The summed E-state index contributed by atoms with van der Waals surface area (Å²) in [6.07, 6.45) is 0.910. The third-order valence-corrected chi connectivity index (χ3v) is 4.49. The summed E-state index contributed by atoms with van der Waals surface area (Å²) in [5, 5.41) is 21.1. The normalized spacial score (nSPS) is 21.1. The van der Waals surface area contributed by atoms with E-state index in [1.54, 1.807) is 24.3 Å². The van der Waals surface area contributed by atoms with Crippen molar-refractivity contribution >= 4 is 23.5 Å². The molecular formula is C17H17ClN4O2. The molecule has 1 N–H and O–H groups in total. The van der Waals surface area contributed by atoms with Crippen molar-refractivity contribution in [2.45, 2.75) is 31.7 Å². The van der Waals surface area contributed by atoms with E-state index in [0.29, 0.717) is 23.4 Å². The second kappa shape index (κ2) is 7.33. The number of amides is 3. The van der Waals surface area contributed by atoms with Crippen LogP contribution in [0.15, 0.2) is 24.3 Å². The molecule has 0 saturated carbocycles. The van der Waals surface area contributed by atoms with Crippen LogP contribution >= 0.6 is 11.6 Å². The third kappa shape index (κ3) is 3.20. The van der Waals surface area contributed by atoms with Gasteiger partial charge in [0.2, 0.25) is 0 Å². The maximum absolute atomic E-state index is 12.9. The number of imide groups is 1. The van der Waals surface area contributed by atoms with Crippen molar-refractivity contribution < 1.29 is 9.59 Å². The summed E-state index contributed by atoms with van der Waals surface area (Å²) in [5.74, 6) is -0.938. The number of nitrogens with zero attached hydrogens (tertiary/aromatic N) is 3. The fourth-order valence-electron chi connectivity index (χ4n) is 2.82. The van der Waals surface area contributed by atoms with Crippen LogP contribution in [0, 0.1) is 28.6 Å². The number of nitriles is 2. The molecule has 0 radical (unpaired) electrons. The molecule has 1 aromatic carbocycles. The molecular weight excluding hydrogens is 328 g/mol. The number of nitrogens with one attached hydrogen (secondary N) is 1. The van der Waals surface area contributed by atoms with E-state index in [2.05, 4.69) is 11.4 Å². The lowest BCUT2D eigenvalue weighted by Gasteiger charge is -2.26. The molecule has 2 atom stereocenters. The lowest BCUT2D eigenvalue weighted by molar-refractivity contribution is -0.132. The van der Waals surface area contributed by atoms with Gasteiger partial charge in [0.1, 0.15) is 5.54 Å². The first-order chi connectivity index (χ1) is 11.5. The van der Waals surface area contributed by atoms with Crippen LogP contribution in [-0.2, 0) is 10.3 Å². The minimum absolute atomic E-state index is 0.0157. The molecule has 2 rings (SSSR count). The first-order valence-corrected chi connectivity index (χ1v) is 8.03. The highest BCUT2D eigenvalue weighted by molar-refractivity contribution is 6.30. The van der Waals surface area contributed by atoms with Crippen molar-refractivity contribution in [3.05, 3.63) is 34.9 Å². The Bertz CT molecular complexity index is 720. The zero-order valence-electron chi connectivity index (χ0n) is 13.3. The molecule has 24 heavy (non-hydrogen) atoms. The van der Waals surface area contributed by atoms with Crippen molar-refractivity contribution in [2.24, 2.45) is 5.92 Å². The van der Waals surface area contributed by atoms with Gasteiger partial charge in [0, 0.05) is 18.0 Å². The van der Waals surface area contributed by atoms with Crippen LogP contribution in [0.2, 0.25) is 5.02 Å². The van der Waals surface area contributed by atoms with E-state index >= 15 is 0 Å². The molecule has 0 bridgehead atoms. The molecule has 6 nitrogen and oxygen atoms in total. The Morgan fingerprint density at radius 3 is 2.50 bits per heavy atom. The van der Waals surface area contributed by atoms with E-state index in [-0.39, 0.29) is 18.9 Å². The lowest BCUT2D eigenvalue weighted by Crippen LogP contribution is -2.43. The van der Waals surface area contributed by atoms with Gasteiger partial charge in [-0.25, -0.2) is 4.79 Å². The number of carbonyl (C=O) groups is 2. The number of carbonyl (C=O) groups excluding carboxylic acids is 2. The highest BCUT2D eigenvalue weighted by Crippen LogP contribution is 2.33. The van der Waals surface area contributed by atoms with Crippen LogP contribution in [0.4, 0.5) is 4.79 Å². The van der Waals surface area contributed by atoms with Crippen molar-refractivity contribution in [2.75, 3.05) is 6.54 Å². The molecule has 1 aromatic rings. The summed E-state index contributed by atoms with van der Waals surface area (Å²) < 4.78 is 0. The molecule has 0 aromatic heterocycles. The fourth-order valence-corrected chi connectivity index (χ4v) is 2.95. The van der Waals surface area contributed by atoms with Crippen LogP contribution < -0.4 is 5.32 Å². The number of hydrogen-bond donors (Lipinski definition) is 1. The Balaban J connectivity index is 2.27. The number of benzene rings is 1. The predicted molar refractivity (Wildman–Crippen MR) is 87.6 cm³/mol. The molecule has 7 heteroatoms. The third-order valence-electron chi connectivity index (χ3n) is 4.23. The molecule has 1 aliphatic heterocycles. The Labute approximate surface area is 145 Å². The van der Waals surface area contributed by atoms with Gasteiger partial charge >= 0.3 is 6.03 Å². The summed E-state index contributed by atoms with van der Waals surface area (Å²) in [6.45, 7) is 1.80. The number of hydrogen-bond acceptors (Lipinski definition) is 4. The van der Waals surface area contributed by atoms with Gasteiger partial charge in [-0.3, -0.25) is 9.69 Å². The van der Waals surface area contributed by atoms with Crippen LogP contribution in [0.25, 0.3) is 0 Å². The maximum atomic E-state index is 12.9. The van der Waals surface area contributed by atoms with E-state index in [4.69, 9.17) is 16.9 Å². The van der Waals surface area contributed by atoms with E-state index < -0.39 is 17.5 Å². The molecule has 1 fully saturated rings. The van der Waals surface area contributed by atoms with Gasteiger partial charge in [-0.15, -0.1) is 0 Å². The highest BCUT2D eigenvalue weighted by atomic mass is 35.5. The van der Waals surface area contributed by atoms with E-state index in [9.17, 15) is 14.9 Å². The first kappa shape index (κ1) is 17.8. The average Bonchev–Trinajstić information content (AvgIpc) is 2.83. The lowest BCUT2D eigenvalue weighted by atomic mass is 9.87. The molecule has 124 valence electrons. The molecule has 0 aliphatic carbocycles. The topological polar surface area (TPSA) is 97.0 Å². The van der Waals surface area contributed by atoms with Crippen molar-refractivity contribution in [3.8, 4) is 12.1 Å². The van der Waals surface area contributed by atoms with Crippen molar-refractivity contribution in [3.63, 3.8) is 0 Å². The molecule has 3 amide bonds. The van der Waals surface area contributed by atoms with Gasteiger partial charge in [-0.2, -0.15) is 10.5 Å². The predicted octanol–water partition coefficient (Wildman–Crippen LogP) is 2.94. The Hall–Kier alpha value is -2.57. The van der Waals surface area contributed by atoms with Crippen LogP contribution in [0.5, 0.6) is 0 Å². The Kier molecular flexibility index (Phi) is 5.43. The maximum Gasteiger partial charge on any atom is 0.325 e. The molecule has 1 heterocycles. The Morgan fingerprint density at radius 1 is 1.29 bits per heavy atom. The molecule has 0 spiro atoms. The number of urea groups is 1. The van der Waals surface area contributed by atoms with E-state index in [1.807, 2.05) is 13.0 Å². The Morgan fingerprint density at radius 2 is 1.96 bits per heavy atom. The van der Waals surface area contributed by atoms with Gasteiger partial charge in [0.15, 0.2) is 0 Å². The number of rotatable bonds is 6. The van der Waals surface area contributed by atoms with Crippen molar-refractivity contribution in [1.29, 1.82) is 10.5 Å². The van der Waals surface area contributed by atoms with Crippen molar-refractivity contribution in [1.82, 2.24) is 10.2 Å². The minimum Gasteiger partial charge on any atom is -0.319 e. The van der Waals surface area contributed by atoms with Gasteiger partial charge in [-0.1, -0.05) is 30.7 Å². The van der Waals surface area contributed by atoms with E-state index in [1.165, 1.54) is 0 Å². The van der Waals surface area contributed by atoms with Gasteiger partial charge in [-0.05, 0) is 30.5 Å². The number of halogens is 1. The minimum atomic E-state index is -1.14. The second-order valence-corrected chi connectivity index (χ2v) is 6.07. The zero-order valence-corrected chi connectivity index (χ0v) is 14.0. The smallest absolute Gasteiger partial charge is 0.319 e. The van der Waals surface area contributed by atoms with Crippen LogP contribution in [-0.4, -0.2) is 23.4 Å². The highest BCUT2D eigenvalue weighted by Gasteiger charge is 2.51. The monoisotopic (exact) mass is 344 g/mol. The fraction of sp³-hybridized carbons (Fsp3) is 0.412. The summed E-state index contributed by atoms with van der Waals surface area (Å²) in [5.41, 5.74) is -0.488. The SMILES string of the molecule is CC[C@@]1(c2ccc(Cl)cc2)NC(=O)N(C[C@@H](C#N)CCC#N)C1=O. The molecule has 0 unspecified atom stereocenters. The van der Waals surface area contributed by atoms with Crippen LogP contribution in [0.3, 0.4) is 0 Å². The summed E-state index contributed by atoms with van der Waals surface area (Å²) in [4.78, 5) is 26.3. The van der Waals surface area contributed by atoms with Gasteiger partial charge < -0.3 is 5.32 Å². The second-order valence-electron chi connectivity index (χ2n) is 5.63. The van der Waals surface area contributed by atoms with Gasteiger partial charge in [0.05, 0.1) is 18.1 Å². The quantitative estimate of drug-likeness (QED) is 0.802. The molecule has 1 saturated heterocycles. The van der Waals surface area contributed by atoms with Crippen LogP contribution in [0.1, 0.15) is 31.7 Å². The first-order valence-electron chi connectivity index (χ1n) is 7.65. The summed E-state index contributed by atoms with van der Waals surface area (Å²) in [6, 6.07) is 10.3.